The molecule has 8 heteroatoms. The van der Waals surface area contributed by atoms with Gasteiger partial charge in [0.25, 0.3) is 0 Å². The monoisotopic (exact) mass is 543 g/mol. The molecule has 0 aliphatic heterocycles. The number of methoxy groups -OCH3 is 1. The van der Waals surface area contributed by atoms with Crippen molar-refractivity contribution in [3.63, 3.8) is 0 Å². The SMILES string of the molecule is COc1ccc(Oc2cc(-c3ccc(OCCN[C@H](C)[C@H](O)c4ccc(O)cc4)c(C)c3)ccc2C(=O)O)cc1. The van der Waals surface area contributed by atoms with E-state index in [-0.39, 0.29) is 23.1 Å². The highest BCUT2D eigenvalue weighted by molar-refractivity contribution is 5.92. The van der Waals surface area contributed by atoms with Crippen LogP contribution in [0.4, 0.5) is 0 Å². The molecule has 0 bridgehead atoms. The van der Waals surface area contributed by atoms with Crippen LogP contribution >= 0.6 is 0 Å². The molecule has 40 heavy (non-hydrogen) atoms. The number of aromatic hydroxyl groups is 1. The topological polar surface area (TPSA) is 117 Å². The van der Waals surface area contributed by atoms with Crippen molar-refractivity contribution in [1.82, 2.24) is 5.32 Å². The Bertz CT molecular complexity index is 1440. The summed E-state index contributed by atoms with van der Waals surface area (Å²) in [4.78, 5) is 11.8. The molecule has 0 radical (unpaired) electrons. The van der Waals surface area contributed by atoms with Gasteiger partial charge >= 0.3 is 5.97 Å². The lowest BCUT2D eigenvalue weighted by Gasteiger charge is -2.21. The Morgan fingerprint density at radius 1 is 0.875 bits per heavy atom. The quantitative estimate of drug-likeness (QED) is 0.162. The summed E-state index contributed by atoms with van der Waals surface area (Å²) in [5.41, 5.74) is 3.41. The Morgan fingerprint density at radius 3 is 2.17 bits per heavy atom. The van der Waals surface area contributed by atoms with Gasteiger partial charge in [-0.1, -0.05) is 24.3 Å². The van der Waals surface area contributed by atoms with Gasteiger partial charge in [-0.15, -0.1) is 0 Å². The fourth-order valence-corrected chi connectivity index (χ4v) is 4.24. The van der Waals surface area contributed by atoms with E-state index in [2.05, 4.69) is 5.32 Å². The highest BCUT2D eigenvalue weighted by Gasteiger charge is 2.17. The Morgan fingerprint density at radius 2 is 1.52 bits per heavy atom. The van der Waals surface area contributed by atoms with Crippen LogP contribution in [0.15, 0.2) is 84.9 Å². The molecular weight excluding hydrogens is 510 g/mol. The molecule has 4 rings (SSSR count). The maximum absolute atomic E-state index is 11.8. The van der Waals surface area contributed by atoms with Gasteiger partial charge < -0.3 is 34.8 Å². The number of benzene rings is 4. The standard InChI is InChI=1S/C32H33NO7/c1-20-18-23(7-15-29(20)39-17-16-33-21(2)31(35)22-4-8-25(34)9-5-22)24-6-14-28(32(36)37)30(19-24)40-27-12-10-26(38-3)11-13-27/h4-15,18-19,21,31,33-35H,16-17H2,1-3H3,(H,36,37)/t21-,31+/m1/s1. The molecule has 2 atom stereocenters. The van der Waals surface area contributed by atoms with Crippen LogP contribution in [0.1, 0.15) is 34.5 Å². The molecule has 0 aromatic heterocycles. The zero-order valence-electron chi connectivity index (χ0n) is 22.6. The Balaban J connectivity index is 1.39. The number of aryl methyl sites for hydroxylation is 1. The lowest BCUT2D eigenvalue weighted by Crippen LogP contribution is -2.35. The molecule has 4 N–H and O–H groups in total. The Hall–Kier alpha value is -4.53. The molecule has 0 amide bonds. The van der Waals surface area contributed by atoms with Gasteiger partial charge in [0.1, 0.15) is 40.9 Å². The smallest absolute Gasteiger partial charge is 0.339 e. The van der Waals surface area contributed by atoms with Crippen molar-refractivity contribution in [2.24, 2.45) is 0 Å². The maximum atomic E-state index is 11.8. The van der Waals surface area contributed by atoms with Gasteiger partial charge in [0.15, 0.2) is 0 Å². The van der Waals surface area contributed by atoms with E-state index in [9.17, 15) is 20.1 Å². The van der Waals surface area contributed by atoms with Gasteiger partial charge in [-0.3, -0.25) is 0 Å². The number of nitrogens with one attached hydrogen (secondary N) is 1. The van der Waals surface area contributed by atoms with Crippen molar-refractivity contribution in [3.8, 4) is 39.9 Å². The second-order valence-electron chi connectivity index (χ2n) is 9.40. The first kappa shape index (κ1) is 28.5. The Labute approximate surface area is 233 Å². The predicted molar refractivity (Wildman–Crippen MR) is 153 cm³/mol. The van der Waals surface area contributed by atoms with E-state index in [0.29, 0.717) is 24.7 Å². The van der Waals surface area contributed by atoms with Crippen LogP contribution < -0.4 is 19.5 Å². The summed E-state index contributed by atoms with van der Waals surface area (Å²) in [6, 6.07) is 24.0. The van der Waals surface area contributed by atoms with E-state index in [4.69, 9.17) is 14.2 Å². The number of aliphatic hydroxyl groups is 1. The minimum atomic E-state index is -1.08. The van der Waals surface area contributed by atoms with E-state index >= 15 is 0 Å². The number of carboxylic acid groups (broad SMARTS) is 1. The second kappa shape index (κ2) is 13.0. The van der Waals surface area contributed by atoms with Crippen LogP contribution in [0, 0.1) is 6.92 Å². The van der Waals surface area contributed by atoms with Crippen LogP contribution in [0.25, 0.3) is 11.1 Å². The molecule has 0 aliphatic carbocycles. The minimum absolute atomic E-state index is 0.0634. The van der Waals surface area contributed by atoms with Gasteiger partial charge in [0.2, 0.25) is 0 Å². The molecule has 8 nitrogen and oxygen atoms in total. The molecule has 208 valence electrons. The van der Waals surface area contributed by atoms with E-state index in [0.717, 1.165) is 28.0 Å². The molecule has 4 aromatic rings. The Kier molecular flexibility index (Phi) is 9.27. The zero-order valence-corrected chi connectivity index (χ0v) is 22.6. The first-order chi connectivity index (χ1) is 19.2. The number of carbonyl (C=O) groups is 1. The predicted octanol–water partition coefficient (Wildman–Crippen LogP) is 5.96. The summed E-state index contributed by atoms with van der Waals surface area (Å²) in [5, 5.41) is 32.9. The van der Waals surface area contributed by atoms with Gasteiger partial charge in [0, 0.05) is 12.6 Å². The van der Waals surface area contributed by atoms with Crippen molar-refractivity contribution >= 4 is 5.97 Å². The number of hydrogen-bond acceptors (Lipinski definition) is 7. The number of aromatic carboxylic acids is 1. The molecule has 0 unspecified atom stereocenters. The van der Waals surface area contributed by atoms with Gasteiger partial charge in [-0.05, 0) is 96.8 Å². The van der Waals surface area contributed by atoms with Crippen molar-refractivity contribution in [2.75, 3.05) is 20.3 Å². The third kappa shape index (κ3) is 7.11. The summed E-state index contributed by atoms with van der Waals surface area (Å²) < 4.78 is 17.1. The molecular formula is C32H33NO7. The summed E-state index contributed by atoms with van der Waals surface area (Å²) in [6.45, 7) is 4.77. The average Bonchev–Trinajstić information content (AvgIpc) is 2.96. The molecule has 4 aromatic carbocycles. The van der Waals surface area contributed by atoms with Gasteiger partial charge in [0.05, 0.1) is 13.2 Å². The summed E-state index contributed by atoms with van der Waals surface area (Å²) in [5.74, 6) is 1.23. The number of carboxylic acids is 1. The van der Waals surface area contributed by atoms with Crippen molar-refractivity contribution in [2.45, 2.75) is 26.0 Å². The van der Waals surface area contributed by atoms with Crippen molar-refractivity contribution in [3.05, 3.63) is 102 Å². The van der Waals surface area contributed by atoms with Gasteiger partial charge in [-0.25, -0.2) is 4.79 Å². The van der Waals surface area contributed by atoms with Crippen LogP contribution in [0.5, 0.6) is 28.7 Å². The number of hydrogen-bond donors (Lipinski definition) is 4. The number of ether oxygens (including phenoxy) is 3. The number of aliphatic hydroxyl groups excluding tert-OH is 1. The van der Waals surface area contributed by atoms with Gasteiger partial charge in [-0.2, -0.15) is 0 Å². The van der Waals surface area contributed by atoms with E-state index in [1.807, 2.05) is 32.0 Å². The van der Waals surface area contributed by atoms with Crippen molar-refractivity contribution < 1.29 is 34.3 Å². The van der Waals surface area contributed by atoms with E-state index in [1.165, 1.54) is 6.07 Å². The van der Waals surface area contributed by atoms with Crippen LogP contribution in [-0.4, -0.2) is 47.6 Å². The highest BCUT2D eigenvalue weighted by Crippen LogP contribution is 2.33. The zero-order chi connectivity index (χ0) is 28.6. The fraction of sp³-hybridized carbons (Fsp3) is 0.219. The van der Waals surface area contributed by atoms with Crippen molar-refractivity contribution in [1.29, 1.82) is 0 Å². The number of rotatable bonds is 12. The molecule has 0 saturated heterocycles. The maximum Gasteiger partial charge on any atom is 0.339 e. The highest BCUT2D eigenvalue weighted by atomic mass is 16.5. The van der Waals surface area contributed by atoms with E-state index < -0.39 is 12.1 Å². The number of phenols is 1. The second-order valence-corrected chi connectivity index (χ2v) is 9.40. The van der Waals surface area contributed by atoms with Crippen LogP contribution in [0.3, 0.4) is 0 Å². The average molecular weight is 544 g/mol. The largest absolute Gasteiger partial charge is 0.508 e. The number of phenolic OH excluding ortho intramolecular Hbond substituents is 1. The molecule has 0 spiro atoms. The fourth-order valence-electron chi connectivity index (χ4n) is 4.24. The lowest BCUT2D eigenvalue weighted by atomic mass is 10.0. The molecule has 0 fully saturated rings. The summed E-state index contributed by atoms with van der Waals surface area (Å²) in [6.07, 6.45) is -0.715. The molecule has 0 heterocycles. The van der Waals surface area contributed by atoms with Crippen LogP contribution in [0.2, 0.25) is 0 Å². The normalized spacial score (nSPS) is 12.4. The van der Waals surface area contributed by atoms with E-state index in [1.54, 1.807) is 67.8 Å². The first-order valence-corrected chi connectivity index (χ1v) is 12.9. The first-order valence-electron chi connectivity index (χ1n) is 12.9. The third-order valence-corrected chi connectivity index (χ3v) is 6.54. The lowest BCUT2D eigenvalue weighted by molar-refractivity contribution is 0.0694. The minimum Gasteiger partial charge on any atom is -0.508 e. The third-order valence-electron chi connectivity index (χ3n) is 6.54. The van der Waals surface area contributed by atoms with Crippen LogP contribution in [-0.2, 0) is 0 Å². The summed E-state index contributed by atoms with van der Waals surface area (Å²) in [7, 11) is 1.57. The molecule has 0 aliphatic rings. The summed E-state index contributed by atoms with van der Waals surface area (Å²) >= 11 is 0. The molecule has 0 saturated carbocycles.